The molecule has 4 rings (SSSR count). The van der Waals surface area contributed by atoms with Gasteiger partial charge in [0, 0.05) is 17.7 Å². The molecule has 2 N–H and O–H groups in total. The molecule has 1 fully saturated rings. The number of aromatic nitrogens is 1. The number of benzene rings is 2. The molecule has 0 amide bonds. The van der Waals surface area contributed by atoms with E-state index in [1.54, 1.807) is 7.11 Å². The van der Waals surface area contributed by atoms with Gasteiger partial charge in [-0.25, -0.2) is 0 Å². The van der Waals surface area contributed by atoms with Crippen molar-refractivity contribution in [3.63, 3.8) is 0 Å². The van der Waals surface area contributed by atoms with Crippen LogP contribution in [0.25, 0.3) is 10.9 Å². The number of aromatic amines is 1. The van der Waals surface area contributed by atoms with Gasteiger partial charge in [0.15, 0.2) is 5.11 Å². The van der Waals surface area contributed by atoms with Gasteiger partial charge in [-0.2, -0.15) is 0 Å². The Morgan fingerprint density at radius 2 is 1.94 bits per heavy atom. The maximum atomic E-state index is 12.9. The van der Waals surface area contributed by atoms with Crippen molar-refractivity contribution in [2.45, 2.75) is 51.2 Å². The third-order valence-electron chi connectivity index (χ3n) is 6.14. The van der Waals surface area contributed by atoms with E-state index in [4.69, 9.17) is 17.0 Å². The standard InChI is InChI=1S/C25H29N3O2S/c1-17(18-8-4-3-5-9-18)26-25(31)28(21-10-6-7-11-21)16-20-14-19-12-13-22(30-2)15-23(19)27-24(20)29/h3-5,8-9,12-15,17,21H,6-7,10-11,16H2,1-2H3,(H,26,31)(H,27,29)/t17-/m0/s1. The predicted molar refractivity (Wildman–Crippen MR) is 130 cm³/mol. The first-order valence-electron chi connectivity index (χ1n) is 10.9. The summed E-state index contributed by atoms with van der Waals surface area (Å²) in [6.45, 7) is 2.61. The highest BCUT2D eigenvalue weighted by atomic mass is 32.1. The van der Waals surface area contributed by atoms with E-state index in [0.29, 0.717) is 17.7 Å². The van der Waals surface area contributed by atoms with Crippen molar-refractivity contribution >= 4 is 28.2 Å². The second-order valence-electron chi connectivity index (χ2n) is 8.22. The first-order valence-corrected chi connectivity index (χ1v) is 11.3. The van der Waals surface area contributed by atoms with E-state index in [2.05, 4.69) is 34.3 Å². The maximum absolute atomic E-state index is 12.9. The number of methoxy groups -OCH3 is 1. The quantitative estimate of drug-likeness (QED) is 0.539. The molecule has 0 unspecified atom stereocenters. The van der Waals surface area contributed by atoms with Crippen LogP contribution >= 0.6 is 12.2 Å². The Kier molecular flexibility index (Phi) is 6.56. The number of nitrogens with one attached hydrogen (secondary N) is 2. The van der Waals surface area contributed by atoms with E-state index in [0.717, 1.165) is 35.1 Å². The molecule has 1 aliphatic carbocycles. The fraction of sp³-hybridized carbons (Fsp3) is 0.360. The van der Waals surface area contributed by atoms with Crippen molar-refractivity contribution in [3.8, 4) is 5.75 Å². The lowest BCUT2D eigenvalue weighted by molar-refractivity contribution is 0.300. The Balaban J connectivity index is 1.59. The highest BCUT2D eigenvalue weighted by Crippen LogP contribution is 2.26. The zero-order valence-electron chi connectivity index (χ0n) is 18.1. The molecule has 3 aromatic rings. The third-order valence-corrected chi connectivity index (χ3v) is 6.49. The Morgan fingerprint density at radius 3 is 2.65 bits per heavy atom. The molecule has 1 aliphatic rings. The molecule has 31 heavy (non-hydrogen) atoms. The molecule has 0 spiro atoms. The first kappa shape index (κ1) is 21.4. The normalized spacial score (nSPS) is 15.0. The lowest BCUT2D eigenvalue weighted by atomic mass is 10.1. The summed E-state index contributed by atoms with van der Waals surface area (Å²) in [4.78, 5) is 18.1. The van der Waals surface area contributed by atoms with E-state index in [-0.39, 0.29) is 11.6 Å². The molecule has 162 valence electrons. The molecule has 1 aromatic heterocycles. The molecular formula is C25H29N3O2S. The third kappa shape index (κ3) is 4.90. The van der Waals surface area contributed by atoms with Crippen LogP contribution in [0.2, 0.25) is 0 Å². The summed E-state index contributed by atoms with van der Waals surface area (Å²) in [7, 11) is 1.62. The van der Waals surface area contributed by atoms with Gasteiger partial charge in [-0.1, -0.05) is 43.2 Å². The lowest BCUT2D eigenvalue weighted by Gasteiger charge is -2.33. The fourth-order valence-corrected chi connectivity index (χ4v) is 4.72. The smallest absolute Gasteiger partial charge is 0.253 e. The predicted octanol–water partition coefficient (Wildman–Crippen LogP) is 4.92. The number of hydrogen-bond acceptors (Lipinski definition) is 3. The number of pyridine rings is 1. The van der Waals surface area contributed by atoms with Gasteiger partial charge in [0.1, 0.15) is 5.75 Å². The number of ether oxygens (including phenoxy) is 1. The Morgan fingerprint density at radius 1 is 1.19 bits per heavy atom. The van der Waals surface area contributed by atoms with Crippen LogP contribution in [-0.2, 0) is 6.54 Å². The molecular weight excluding hydrogens is 406 g/mol. The summed E-state index contributed by atoms with van der Waals surface area (Å²) in [5, 5.41) is 5.18. The summed E-state index contributed by atoms with van der Waals surface area (Å²) >= 11 is 5.85. The Hall–Kier alpha value is -2.86. The van der Waals surface area contributed by atoms with Crippen molar-refractivity contribution in [3.05, 3.63) is 76.1 Å². The van der Waals surface area contributed by atoms with Crippen LogP contribution < -0.4 is 15.6 Å². The summed E-state index contributed by atoms with van der Waals surface area (Å²) < 4.78 is 5.27. The number of thiocarbonyl (C=S) groups is 1. The number of H-pyrrole nitrogens is 1. The zero-order chi connectivity index (χ0) is 21.8. The van der Waals surface area contributed by atoms with Gasteiger partial charge in [-0.15, -0.1) is 0 Å². The van der Waals surface area contributed by atoms with Gasteiger partial charge in [-0.05, 0) is 61.1 Å². The van der Waals surface area contributed by atoms with Crippen LogP contribution in [0.4, 0.5) is 0 Å². The monoisotopic (exact) mass is 435 g/mol. The minimum Gasteiger partial charge on any atom is -0.497 e. The minimum absolute atomic E-state index is 0.0809. The van der Waals surface area contributed by atoms with E-state index < -0.39 is 0 Å². The van der Waals surface area contributed by atoms with Gasteiger partial charge in [0.2, 0.25) is 0 Å². The van der Waals surface area contributed by atoms with Crippen molar-refractivity contribution in [2.75, 3.05) is 7.11 Å². The topological polar surface area (TPSA) is 57.4 Å². The Labute approximate surface area is 188 Å². The number of fused-ring (bicyclic) bond motifs is 1. The summed E-state index contributed by atoms with van der Waals surface area (Å²) in [6, 6.07) is 18.4. The molecule has 5 nitrogen and oxygen atoms in total. The average Bonchev–Trinajstić information content (AvgIpc) is 3.32. The molecule has 0 saturated heterocycles. The van der Waals surface area contributed by atoms with E-state index in [1.807, 2.05) is 42.5 Å². The van der Waals surface area contributed by atoms with Gasteiger partial charge in [0.05, 0.1) is 25.2 Å². The molecule has 0 radical (unpaired) electrons. The van der Waals surface area contributed by atoms with Crippen molar-refractivity contribution in [1.29, 1.82) is 0 Å². The van der Waals surface area contributed by atoms with Crippen molar-refractivity contribution in [2.24, 2.45) is 0 Å². The van der Waals surface area contributed by atoms with Crippen molar-refractivity contribution in [1.82, 2.24) is 15.2 Å². The number of rotatable bonds is 6. The highest BCUT2D eigenvalue weighted by molar-refractivity contribution is 7.80. The van der Waals surface area contributed by atoms with Gasteiger partial charge in [-0.3, -0.25) is 4.79 Å². The van der Waals surface area contributed by atoms with Crippen LogP contribution in [0, 0.1) is 0 Å². The van der Waals surface area contributed by atoms with Crippen LogP contribution in [0.15, 0.2) is 59.4 Å². The van der Waals surface area contributed by atoms with E-state index >= 15 is 0 Å². The fourth-order valence-electron chi connectivity index (χ4n) is 4.33. The SMILES string of the molecule is COc1ccc2cc(CN(C(=S)N[C@@H](C)c3ccccc3)C3CCCC3)c(=O)[nH]c2c1. The number of hydrogen-bond donors (Lipinski definition) is 2. The molecule has 1 saturated carbocycles. The highest BCUT2D eigenvalue weighted by Gasteiger charge is 2.26. The number of nitrogens with zero attached hydrogens (tertiary/aromatic N) is 1. The summed E-state index contributed by atoms with van der Waals surface area (Å²) in [5.41, 5.74) is 2.61. The second-order valence-corrected chi connectivity index (χ2v) is 8.61. The second kappa shape index (κ2) is 9.52. The van der Waals surface area contributed by atoms with Gasteiger partial charge >= 0.3 is 0 Å². The summed E-state index contributed by atoms with van der Waals surface area (Å²) in [5.74, 6) is 0.726. The minimum atomic E-state index is -0.0809. The van der Waals surface area contributed by atoms with Gasteiger partial charge in [0.25, 0.3) is 5.56 Å². The van der Waals surface area contributed by atoms with Crippen LogP contribution in [0.3, 0.4) is 0 Å². The molecule has 2 aromatic carbocycles. The lowest BCUT2D eigenvalue weighted by Crippen LogP contribution is -2.46. The molecule has 0 aliphatic heterocycles. The van der Waals surface area contributed by atoms with Crippen LogP contribution in [0.5, 0.6) is 5.75 Å². The van der Waals surface area contributed by atoms with Crippen molar-refractivity contribution < 1.29 is 4.74 Å². The molecule has 6 heteroatoms. The molecule has 1 atom stereocenters. The van der Waals surface area contributed by atoms with Crippen LogP contribution in [0.1, 0.15) is 49.8 Å². The zero-order valence-corrected chi connectivity index (χ0v) is 18.9. The summed E-state index contributed by atoms with van der Waals surface area (Å²) in [6.07, 6.45) is 4.60. The van der Waals surface area contributed by atoms with E-state index in [9.17, 15) is 4.79 Å². The molecule has 0 bridgehead atoms. The van der Waals surface area contributed by atoms with Gasteiger partial charge < -0.3 is 19.9 Å². The molecule has 1 heterocycles. The van der Waals surface area contributed by atoms with E-state index in [1.165, 1.54) is 18.4 Å². The maximum Gasteiger partial charge on any atom is 0.253 e. The van der Waals surface area contributed by atoms with Crippen LogP contribution in [-0.4, -0.2) is 28.1 Å². The largest absolute Gasteiger partial charge is 0.497 e. The average molecular weight is 436 g/mol. The first-order chi connectivity index (χ1) is 15.0. The Bertz CT molecular complexity index is 1110.